The van der Waals surface area contributed by atoms with Gasteiger partial charge in [0.1, 0.15) is 12.4 Å². The lowest BCUT2D eigenvalue weighted by molar-refractivity contribution is -0.144. The van der Waals surface area contributed by atoms with Gasteiger partial charge in [0.15, 0.2) is 11.7 Å². The number of hydrogen-bond donors (Lipinski definition) is 2. The maximum Gasteiger partial charge on any atom is 0.324 e. The van der Waals surface area contributed by atoms with Crippen LogP contribution in [0.3, 0.4) is 0 Å². The molecule has 1 aliphatic carbocycles. The summed E-state index contributed by atoms with van der Waals surface area (Å²) in [5.74, 6) is -4.50. The van der Waals surface area contributed by atoms with Crippen molar-refractivity contribution in [2.45, 2.75) is 18.9 Å². The average Bonchev–Trinajstić information content (AvgIpc) is 3.40. The zero-order valence-electron chi connectivity index (χ0n) is 13.8. The summed E-state index contributed by atoms with van der Waals surface area (Å²) >= 11 is 6.21. The molecule has 0 spiro atoms. The maximum atomic E-state index is 12.6. The maximum absolute atomic E-state index is 12.6. The van der Waals surface area contributed by atoms with Crippen LogP contribution in [0.4, 0.5) is 5.69 Å². The number of fused-ring (bicyclic) bond motifs is 1. The van der Waals surface area contributed by atoms with Crippen molar-refractivity contribution >= 4 is 34.9 Å². The molecule has 26 heavy (non-hydrogen) atoms. The van der Waals surface area contributed by atoms with Gasteiger partial charge in [0, 0.05) is 11.6 Å². The predicted octanol–water partition coefficient (Wildman–Crippen LogP) is 1.12. The number of anilines is 1. The summed E-state index contributed by atoms with van der Waals surface area (Å²) in [5, 5.41) is 18.2. The van der Waals surface area contributed by atoms with Gasteiger partial charge in [-0.3, -0.25) is 14.4 Å². The monoisotopic (exact) mass is 383 g/mol. The Balaban J connectivity index is 1.89. The lowest BCUT2D eigenvalue weighted by atomic mass is 9.90. The molecular formula is C17H18ClNO7. The molecule has 140 valence electrons. The van der Waals surface area contributed by atoms with Gasteiger partial charge in [-0.2, -0.15) is 0 Å². The van der Waals surface area contributed by atoms with Crippen molar-refractivity contribution in [1.29, 1.82) is 0 Å². The number of aliphatic carboxylic acids is 1. The molecule has 8 nitrogen and oxygen atoms in total. The lowest BCUT2D eigenvalue weighted by Gasteiger charge is -2.32. The molecule has 1 unspecified atom stereocenters. The van der Waals surface area contributed by atoms with Crippen molar-refractivity contribution in [2.75, 3.05) is 31.3 Å². The van der Waals surface area contributed by atoms with E-state index in [1.54, 1.807) is 0 Å². The second kappa shape index (κ2) is 7.61. The van der Waals surface area contributed by atoms with Crippen LogP contribution >= 0.6 is 11.6 Å². The number of ether oxygens (including phenoxy) is 2. The largest absolute Gasteiger partial charge is 0.490 e. The van der Waals surface area contributed by atoms with Crippen molar-refractivity contribution in [1.82, 2.24) is 0 Å². The van der Waals surface area contributed by atoms with Gasteiger partial charge in [-0.05, 0) is 25.0 Å². The first kappa shape index (κ1) is 18.6. The number of amides is 1. The molecule has 1 amide bonds. The van der Waals surface area contributed by atoms with E-state index in [1.807, 2.05) is 0 Å². The van der Waals surface area contributed by atoms with Crippen molar-refractivity contribution in [3.05, 3.63) is 22.7 Å². The van der Waals surface area contributed by atoms with E-state index in [2.05, 4.69) is 0 Å². The molecule has 1 aliphatic heterocycles. The van der Waals surface area contributed by atoms with Crippen molar-refractivity contribution < 1.29 is 34.1 Å². The summed E-state index contributed by atoms with van der Waals surface area (Å²) in [5.41, 5.74) is 0.438. The molecule has 0 bridgehead atoms. The summed E-state index contributed by atoms with van der Waals surface area (Å²) < 4.78 is 10.6. The van der Waals surface area contributed by atoms with Gasteiger partial charge in [-0.25, -0.2) is 0 Å². The highest BCUT2D eigenvalue weighted by Crippen LogP contribution is 2.43. The SMILES string of the molecule is O=C(O)C1C(=O)c2cc(OCCOCCO)c(Cl)cc2N(C2CC2)C1=O. The minimum Gasteiger partial charge on any atom is -0.490 e. The van der Waals surface area contributed by atoms with Gasteiger partial charge in [0.25, 0.3) is 0 Å². The van der Waals surface area contributed by atoms with Crippen LogP contribution in [-0.2, 0) is 14.3 Å². The molecule has 1 saturated carbocycles. The minimum absolute atomic E-state index is 0.101. The minimum atomic E-state index is -1.75. The number of halogens is 1. The Labute approximate surface area is 154 Å². The van der Waals surface area contributed by atoms with E-state index in [9.17, 15) is 19.5 Å². The number of aliphatic hydroxyl groups excluding tert-OH is 1. The Hall–Kier alpha value is -2.16. The first-order valence-corrected chi connectivity index (χ1v) is 8.58. The van der Waals surface area contributed by atoms with Crippen LogP contribution in [0.5, 0.6) is 5.75 Å². The molecule has 1 fully saturated rings. The number of rotatable bonds is 8. The van der Waals surface area contributed by atoms with E-state index >= 15 is 0 Å². The summed E-state index contributed by atoms with van der Waals surface area (Å²) in [6.45, 7) is 0.431. The number of Topliss-reactive ketones (excluding diaryl/α,β-unsaturated/α-hetero) is 1. The molecule has 9 heteroatoms. The average molecular weight is 384 g/mol. The smallest absolute Gasteiger partial charge is 0.324 e. The van der Waals surface area contributed by atoms with Gasteiger partial charge in [-0.1, -0.05) is 11.6 Å². The first-order chi connectivity index (χ1) is 12.5. The van der Waals surface area contributed by atoms with Crippen LogP contribution in [0.2, 0.25) is 5.02 Å². The number of aliphatic hydroxyl groups is 1. The molecule has 1 aromatic carbocycles. The molecule has 2 aliphatic rings. The predicted molar refractivity (Wildman–Crippen MR) is 90.8 cm³/mol. The number of nitrogens with zero attached hydrogens (tertiary/aromatic N) is 1. The van der Waals surface area contributed by atoms with E-state index in [0.29, 0.717) is 5.69 Å². The van der Waals surface area contributed by atoms with Crippen LogP contribution in [0.15, 0.2) is 12.1 Å². The lowest BCUT2D eigenvalue weighted by Crippen LogP contribution is -2.49. The van der Waals surface area contributed by atoms with E-state index in [0.717, 1.165) is 12.8 Å². The van der Waals surface area contributed by atoms with Gasteiger partial charge < -0.3 is 24.6 Å². The molecular weight excluding hydrogens is 366 g/mol. The first-order valence-electron chi connectivity index (χ1n) is 8.20. The molecule has 3 rings (SSSR count). The fourth-order valence-electron chi connectivity index (χ4n) is 2.88. The van der Waals surface area contributed by atoms with Crippen molar-refractivity contribution in [3.8, 4) is 5.75 Å². The Morgan fingerprint density at radius 2 is 1.96 bits per heavy atom. The Kier molecular flexibility index (Phi) is 5.45. The van der Waals surface area contributed by atoms with E-state index in [4.69, 9.17) is 26.2 Å². The quantitative estimate of drug-likeness (QED) is 0.510. The number of carbonyl (C=O) groups is 3. The summed E-state index contributed by atoms with van der Waals surface area (Å²) in [6.07, 6.45) is 1.51. The Morgan fingerprint density at radius 3 is 2.58 bits per heavy atom. The molecule has 0 aromatic heterocycles. The number of hydrogen-bond acceptors (Lipinski definition) is 6. The van der Waals surface area contributed by atoms with Gasteiger partial charge in [0.05, 0.1) is 30.5 Å². The van der Waals surface area contributed by atoms with E-state index in [1.165, 1.54) is 17.0 Å². The van der Waals surface area contributed by atoms with Crippen molar-refractivity contribution in [3.63, 3.8) is 0 Å². The Bertz CT molecular complexity index is 747. The second-order valence-electron chi connectivity index (χ2n) is 6.06. The molecule has 0 saturated heterocycles. The number of carboxylic acid groups (broad SMARTS) is 1. The third kappa shape index (κ3) is 3.53. The van der Waals surface area contributed by atoms with E-state index in [-0.39, 0.29) is 48.8 Å². The summed E-state index contributed by atoms with van der Waals surface area (Å²) in [4.78, 5) is 37.9. The van der Waals surface area contributed by atoms with Crippen LogP contribution in [0, 0.1) is 5.92 Å². The van der Waals surface area contributed by atoms with Crippen molar-refractivity contribution in [2.24, 2.45) is 5.92 Å². The third-order valence-electron chi connectivity index (χ3n) is 4.20. The molecule has 1 heterocycles. The second-order valence-corrected chi connectivity index (χ2v) is 6.47. The van der Waals surface area contributed by atoms with Crippen LogP contribution < -0.4 is 9.64 Å². The number of carbonyl (C=O) groups excluding carboxylic acids is 2. The summed E-state index contributed by atoms with van der Waals surface area (Å²) in [7, 11) is 0. The molecule has 1 aromatic rings. The zero-order chi connectivity index (χ0) is 18.8. The highest BCUT2D eigenvalue weighted by Gasteiger charge is 2.48. The number of ketones is 1. The van der Waals surface area contributed by atoms with Gasteiger partial charge >= 0.3 is 5.97 Å². The standard InChI is InChI=1S/C17H18ClNO7/c18-11-8-12-10(7-13(11)26-6-5-25-4-3-20)15(21)14(17(23)24)16(22)19(12)9-1-2-9/h7-9,14,20H,1-6H2,(H,23,24). The highest BCUT2D eigenvalue weighted by atomic mass is 35.5. The molecule has 2 N–H and O–H groups in total. The van der Waals surface area contributed by atoms with Crippen LogP contribution in [0.1, 0.15) is 23.2 Å². The highest BCUT2D eigenvalue weighted by molar-refractivity contribution is 6.35. The fraction of sp³-hybridized carbons (Fsp3) is 0.471. The van der Waals surface area contributed by atoms with E-state index < -0.39 is 23.6 Å². The fourth-order valence-corrected chi connectivity index (χ4v) is 3.09. The normalized spacial score (nSPS) is 19.5. The topological polar surface area (TPSA) is 113 Å². The summed E-state index contributed by atoms with van der Waals surface area (Å²) in [6, 6.07) is 2.74. The van der Waals surface area contributed by atoms with Gasteiger partial charge in [0.2, 0.25) is 5.91 Å². The third-order valence-corrected chi connectivity index (χ3v) is 4.50. The van der Waals surface area contributed by atoms with Crippen LogP contribution in [0.25, 0.3) is 0 Å². The van der Waals surface area contributed by atoms with Gasteiger partial charge in [-0.15, -0.1) is 0 Å². The number of benzene rings is 1. The van der Waals surface area contributed by atoms with Crippen LogP contribution in [-0.4, -0.2) is 60.3 Å². The zero-order valence-corrected chi connectivity index (χ0v) is 14.6. The Morgan fingerprint density at radius 1 is 1.23 bits per heavy atom. The molecule has 0 radical (unpaired) electrons. The molecule has 1 atom stereocenters. The number of carboxylic acids is 1.